The number of hydrogen-bond donors (Lipinski definition) is 1. The first-order valence-corrected chi connectivity index (χ1v) is 10.8. The Morgan fingerprint density at radius 1 is 1.04 bits per heavy atom. The highest BCUT2D eigenvalue weighted by Crippen LogP contribution is 2.30. The second-order valence-electron chi connectivity index (χ2n) is 6.38. The summed E-state index contributed by atoms with van der Waals surface area (Å²) >= 11 is 1.34. The first kappa shape index (κ1) is 20.2. The fourth-order valence-electron chi connectivity index (χ4n) is 2.73. The van der Waals surface area contributed by atoms with Gasteiger partial charge in [-0.05, 0) is 54.4 Å². The van der Waals surface area contributed by atoms with Crippen LogP contribution in [0.25, 0.3) is 10.4 Å². The SMILES string of the molecule is C[C@H](c1ccc(S(N)(=O)=O)cc1)N(C)C(=O)c1ccc(-c2ccc(F)cc2)s1. The molecule has 0 unspecified atom stereocenters. The molecule has 5 nitrogen and oxygen atoms in total. The van der Waals surface area contributed by atoms with Gasteiger partial charge in [0.15, 0.2) is 0 Å². The fraction of sp³-hybridized carbons (Fsp3) is 0.150. The second-order valence-corrected chi connectivity index (χ2v) is 9.02. The molecule has 0 fully saturated rings. The van der Waals surface area contributed by atoms with Gasteiger partial charge in [-0.1, -0.05) is 24.3 Å². The number of hydrogen-bond acceptors (Lipinski definition) is 4. The van der Waals surface area contributed by atoms with Crippen LogP contribution in [0.3, 0.4) is 0 Å². The number of primary sulfonamides is 1. The Kier molecular flexibility index (Phi) is 5.64. The highest BCUT2D eigenvalue weighted by atomic mass is 32.2. The van der Waals surface area contributed by atoms with E-state index in [4.69, 9.17) is 5.14 Å². The Morgan fingerprint density at radius 2 is 1.64 bits per heavy atom. The molecule has 146 valence electrons. The molecule has 0 saturated carbocycles. The van der Waals surface area contributed by atoms with E-state index in [0.717, 1.165) is 16.0 Å². The van der Waals surface area contributed by atoms with Crippen molar-refractivity contribution in [3.05, 3.63) is 76.9 Å². The maximum Gasteiger partial charge on any atom is 0.264 e. The smallest absolute Gasteiger partial charge is 0.264 e. The quantitative estimate of drug-likeness (QED) is 0.679. The van der Waals surface area contributed by atoms with Crippen molar-refractivity contribution in [3.63, 3.8) is 0 Å². The number of carbonyl (C=O) groups is 1. The number of benzene rings is 2. The van der Waals surface area contributed by atoms with Gasteiger partial charge in [0.2, 0.25) is 10.0 Å². The maximum absolute atomic E-state index is 13.1. The lowest BCUT2D eigenvalue weighted by Crippen LogP contribution is -2.29. The van der Waals surface area contributed by atoms with E-state index in [1.54, 1.807) is 42.3 Å². The van der Waals surface area contributed by atoms with Crippen molar-refractivity contribution in [2.24, 2.45) is 5.14 Å². The number of nitrogens with two attached hydrogens (primary N) is 1. The van der Waals surface area contributed by atoms with Crippen LogP contribution in [0.15, 0.2) is 65.6 Å². The van der Waals surface area contributed by atoms with Crippen LogP contribution in [0.1, 0.15) is 28.2 Å². The van der Waals surface area contributed by atoms with Crippen LogP contribution in [0.2, 0.25) is 0 Å². The molecule has 2 aromatic carbocycles. The lowest BCUT2D eigenvalue weighted by molar-refractivity contribution is 0.0747. The van der Waals surface area contributed by atoms with Gasteiger partial charge >= 0.3 is 0 Å². The van der Waals surface area contributed by atoms with E-state index in [1.165, 1.54) is 35.6 Å². The average Bonchev–Trinajstić information content (AvgIpc) is 3.16. The summed E-state index contributed by atoms with van der Waals surface area (Å²) in [5.74, 6) is -0.458. The lowest BCUT2D eigenvalue weighted by Gasteiger charge is -2.25. The van der Waals surface area contributed by atoms with Crippen molar-refractivity contribution in [3.8, 4) is 10.4 Å². The zero-order valence-corrected chi connectivity index (χ0v) is 16.9. The fourth-order valence-corrected chi connectivity index (χ4v) is 4.24. The molecule has 1 amide bonds. The standard InChI is InChI=1S/C20H19FN2O3S2/c1-13(14-5-9-17(10-6-14)28(22,25)26)23(2)20(24)19-12-11-18(27-19)15-3-7-16(21)8-4-15/h3-13H,1-2H3,(H2,22,25,26)/t13-/m1/s1. The van der Waals surface area contributed by atoms with Crippen LogP contribution in [-0.4, -0.2) is 26.3 Å². The summed E-state index contributed by atoms with van der Waals surface area (Å²) in [4.78, 5) is 15.9. The van der Waals surface area contributed by atoms with Gasteiger partial charge in [0, 0.05) is 11.9 Å². The van der Waals surface area contributed by atoms with Crippen LogP contribution >= 0.6 is 11.3 Å². The molecule has 28 heavy (non-hydrogen) atoms. The minimum absolute atomic E-state index is 0.0274. The predicted octanol–water partition coefficient (Wildman–Crippen LogP) is 4.03. The van der Waals surface area contributed by atoms with Crippen LogP contribution < -0.4 is 5.14 Å². The van der Waals surface area contributed by atoms with Crippen LogP contribution in [0.5, 0.6) is 0 Å². The zero-order valence-electron chi connectivity index (χ0n) is 15.3. The summed E-state index contributed by atoms with van der Waals surface area (Å²) in [7, 11) is -2.06. The molecular weight excluding hydrogens is 399 g/mol. The van der Waals surface area contributed by atoms with Gasteiger partial charge in [-0.2, -0.15) is 0 Å². The van der Waals surface area contributed by atoms with Gasteiger partial charge < -0.3 is 4.90 Å². The molecule has 1 atom stereocenters. The average molecular weight is 419 g/mol. The summed E-state index contributed by atoms with van der Waals surface area (Å²) in [6.45, 7) is 1.86. The first-order valence-electron chi connectivity index (χ1n) is 8.42. The van der Waals surface area contributed by atoms with Gasteiger partial charge in [-0.3, -0.25) is 4.79 Å². The molecule has 0 aliphatic heterocycles. The van der Waals surface area contributed by atoms with E-state index in [9.17, 15) is 17.6 Å². The van der Waals surface area contributed by atoms with E-state index in [1.807, 2.05) is 13.0 Å². The Labute approximate surface area is 167 Å². The van der Waals surface area contributed by atoms with Gasteiger partial charge in [-0.15, -0.1) is 11.3 Å². The monoisotopic (exact) mass is 418 g/mol. The third-order valence-electron chi connectivity index (χ3n) is 4.54. The highest BCUT2D eigenvalue weighted by Gasteiger charge is 2.21. The molecule has 3 aromatic rings. The van der Waals surface area contributed by atoms with Crippen LogP contribution in [-0.2, 0) is 10.0 Å². The predicted molar refractivity (Wildman–Crippen MR) is 108 cm³/mol. The summed E-state index contributed by atoms with van der Waals surface area (Å²) in [6.07, 6.45) is 0. The van der Waals surface area contributed by atoms with Crippen molar-refractivity contribution in [2.75, 3.05) is 7.05 Å². The summed E-state index contributed by atoms with van der Waals surface area (Å²) in [5.41, 5.74) is 1.64. The van der Waals surface area contributed by atoms with E-state index in [-0.39, 0.29) is 22.7 Å². The third kappa shape index (κ3) is 4.30. The molecule has 0 spiro atoms. The number of nitrogens with zero attached hydrogens (tertiary/aromatic N) is 1. The number of rotatable bonds is 5. The number of amides is 1. The van der Waals surface area contributed by atoms with Crippen LogP contribution in [0, 0.1) is 5.82 Å². The molecule has 0 aliphatic carbocycles. The summed E-state index contributed by atoms with van der Waals surface area (Å²) < 4.78 is 35.8. The summed E-state index contributed by atoms with van der Waals surface area (Å²) in [6, 6.07) is 15.6. The number of thiophene rings is 1. The minimum atomic E-state index is -3.75. The molecule has 0 radical (unpaired) electrons. The third-order valence-corrected chi connectivity index (χ3v) is 6.59. The van der Waals surface area contributed by atoms with Crippen molar-refractivity contribution < 1.29 is 17.6 Å². The van der Waals surface area contributed by atoms with Crippen molar-refractivity contribution >= 4 is 27.3 Å². The van der Waals surface area contributed by atoms with Gasteiger partial charge in [0.1, 0.15) is 5.82 Å². The molecule has 0 saturated heterocycles. The van der Waals surface area contributed by atoms with Gasteiger partial charge in [0.25, 0.3) is 5.91 Å². The van der Waals surface area contributed by atoms with E-state index >= 15 is 0 Å². The summed E-state index contributed by atoms with van der Waals surface area (Å²) in [5, 5.41) is 5.11. The molecule has 8 heteroatoms. The molecule has 3 rings (SSSR count). The Morgan fingerprint density at radius 3 is 2.21 bits per heavy atom. The van der Waals surface area contributed by atoms with Crippen LogP contribution in [0.4, 0.5) is 4.39 Å². The molecule has 0 bridgehead atoms. The maximum atomic E-state index is 13.1. The van der Waals surface area contributed by atoms with Crippen molar-refractivity contribution in [2.45, 2.75) is 17.9 Å². The zero-order chi connectivity index (χ0) is 20.5. The lowest BCUT2D eigenvalue weighted by atomic mass is 10.1. The Hall–Kier alpha value is -2.55. The highest BCUT2D eigenvalue weighted by molar-refractivity contribution is 7.89. The minimum Gasteiger partial charge on any atom is -0.334 e. The first-order chi connectivity index (χ1) is 13.2. The largest absolute Gasteiger partial charge is 0.334 e. The topological polar surface area (TPSA) is 80.5 Å². The molecular formula is C20H19FN2O3S2. The second kappa shape index (κ2) is 7.83. The molecule has 0 aliphatic rings. The molecule has 1 aromatic heterocycles. The van der Waals surface area contributed by atoms with Gasteiger partial charge in [-0.25, -0.2) is 17.9 Å². The number of halogens is 1. The van der Waals surface area contributed by atoms with E-state index in [0.29, 0.717) is 4.88 Å². The van der Waals surface area contributed by atoms with E-state index in [2.05, 4.69) is 0 Å². The normalized spacial score (nSPS) is 12.6. The molecule has 2 N–H and O–H groups in total. The Bertz CT molecular complexity index is 1090. The van der Waals surface area contributed by atoms with E-state index < -0.39 is 10.0 Å². The van der Waals surface area contributed by atoms with Crippen molar-refractivity contribution in [1.82, 2.24) is 4.90 Å². The van der Waals surface area contributed by atoms with Gasteiger partial charge in [0.05, 0.1) is 15.8 Å². The number of sulfonamides is 1. The number of carbonyl (C=O) groups excluding carboxylic acids is 1. The molecule has 1 heterocycles. The Balaban J connectivity index is 1.77. The van der Waals surface area contributed by atoms with Crippen molar-refractivity contribution in [1.29, 1.82) is 0 Å².